The highest BCUT2D eigenvalue weighted by atomic mass is 16.3. The second-order valence-corrected chi connectivity index (χ2v) is 8.29. The Balaban J connectivity index is 1.75. The van der Waals surface area contributed by atoms with Crippen LogP contribution in [0.5, 0.6) is 0 Å². The first-order valence-corrected chi connectivity index (χ1v) is 10.5. The van der Waals surface area contributed by atoms with Gasteiger partial charge in [0.2, 0.25) is 5.89 Å². The average Bonchev–Trinajstić information content (AvgIpc) is 3.18. The molecular weight excluding hydrogens is 374 g/mol. The summed E-state index contributed by atoms with van der Waals surface area (Å²) in [6.07, 6.45) is 1.45. The summed E-state index contributed by atoms with van der Waals surface area (Å²) >= 11 is 0. The largest absolute Gasteiger partial charge is 0.447 e. The molecule has 0 unspecified atom stereocenters. The summed E-state index contributed by atoms with van der Waals surface area (Å²) in [5.74, 6) is 0.744. The molecule has 5 nitrogen and oxygen atoms in total. The zero-order valence-electron chi connectivity index (χ0n) is 18.3. The normalized spacial score (nSPS) is 11.3. The zero-order chi connectivity index (χ0) is 21.5. The number of nitrogens with one attached hydrogen (secondary N) is 1. The van der Waals surface area contributed by atoms with Gasteiger partial charge in [0.15, 0.2) is 5.69 Å². The number of oxazole rings is 1. The van der Waals surface area contributed by atoms with E-state index in [1.54, 1.807) is 0 Å². The minimum absolute atomic E-state index is 0.192. The number of benzene rings is 2. The lowest BCUT2D eigenvalue weighted by Gasteiger charge is -2.22. The van der Waals surface area contributed by atoms with Gasteiger partial charge < -0.3 is 9.73 Å². The predicted octanol–water partition coefficient (Wildman–Crippen LogP) is 4.88. The van der Waals surface area contributed by atoms with E-state index in [1.165, 1.54) is 28.5 Å². The van der Waals surface area contributed by atoms with Crippen LogP contribution in [0.15, 0.2) is 59.2 Å². The van der Waals surface area contributed by atoms with Gasteiger partial charge in [0, 0.05) is 19.6 Å². The molecule has 3 rings (SSSR count). The zero-order valence-corrected chi connectivity index (χ0v) is 18.3. The van der Waals surface area contributed by atoms with Crippen molar-refractivity contribution in [1.82, 2.24) is 15.2 Å². The Morgan fingerprint density at radius 2 is 1.83 bits per heavy atom. The van der Waals surface area contributed by atoms with Crippen LogP contribution in [-0.4, -0.2) is 22.3 Å². The Hall–Kier alpha value is -2.92. The predicted molar refractivity (Wildman–Crippen MR) is 119 cm³/mol. The summed E-state index contributed by atoms with van der Waals surface area (Å²) in [5, 5.41) is 2.88. The molecule has 0 bridgehead atoms. The lowest BCUT2D eigenvalue weighted by atomic mass is 10.0. The van der Waals surface area contributed by atoms with Crippen LogP contribution in [-0.2, 0) is 19.6 Å². The molecule has 1 heterocycles. The highest BCUT2D eigenvalue weighted by molar-refractivity contribution is 5.91. The molecular formula is C25H31N3O2. The van der Waals surface area contributed by atoms with Crippen molar-refractivity contribution in [2.24, 2.45) is 5.92 Å². The third-order valence-electron chi connectivity index (χ3n) is 4.96. The van der Waals surface area contributed by atoms with E-state index in [0.29, 0.717) is 30.6 Å². The van der Waals surface area contributed by atoms with E-state index in [9.17, 15) is 4.79 Å². The van der Waals surface area contributed by atoms with Crippen molar-refractivity contribution in [3.05, 3.63) is 88.6 Å². The Labute approximate surface area is 179 Å². The van der Waals surface area contributed by atoms with Crippen molar-refractivity contribution in [2.75, 3.05) is 6.54 Å². The van der Waals surface area contributed by atoms with E-state index in [-0.39, 0.29) is 5.91 Å². The van der Waals surface area contributed by atoms with Gasteiger partial charge in [0.05, 0.1) is 6.54 Å². The van der Waals surface area contributed by atoms with Gasteiger partial charge in [0.1, 0.15) is 6.26 Å². The van der Waals surface area contributed by atoms with Crippen LogP contribution >= 0.6 is 0 Å². The fraction of sp³-hybridized carbons (Fsp3) is 0.360. The lowest BCUT2D eigenvalue weighted by Crippen LogP contribution is -2.27. The molecule has 5 heteroatoms. The van der Waals surface area contributed by atoms with Crippen molar-refractivity contribution in [3.63, 3.8) is 0 Å². The molecule has 1 aromatic heterocycles. The van der Waals surface area contributed by atoms with Crippen LogP contribution in [0.4, 0.5) is 0 Å². The Kier molecular flexibility index (Phi) is 7.41. The Morgan fingerprint density at radius 1 is 1.07 bits per heavy atom. The van der Waals surface area contributed by atoms with E-state index in [1.807, 2.05) is 18.2 Å². The van der Waals surface area contributed by atoms with Gasteiger partial charge in [-0.15, -0.1) is 0 Å². The van der Waals surface area contributed by atoms with Crippen molar-refractivity contribution in [2.45, 2.75) is 47.3 Å². The van der Waals surface area contributed by atoms with Gasteiger partial charge in [-0.05, 0) is 36.5 Å². The number of hydrogen-bond acceptors (Lipinski definition) is 4. The van der Waals surface area contributed by atoms with E-state index < -0.39 is 0 Å². The van der Waals surface area contributed by atoms with Crippen LogP contribution in [0.1, 0.15) is 52.5 Å². The van der Waals surface area contributed by atoms with Crippen LogP contribution in [0.25, 0.3) is 0 Å². The summed E-state index contributed by atoms with van der Waals surface area (Å²) in [5.41, 5.74) is 5.35. The summed E-state index contributed by atoms with van der Waals surface area (Å²) in [4.78, 5) is 19.0. The highest BCUT2D eigenvalue weighted by Crippen LogP contribution is 2.18. The number of aromatic nitrogens is 1. The van der Waals surface area contributed by atoms with Crippen molar-refractivity contribution in [3.8, 4) is 0 Å². The summed E-state index contributed by atoms with van der Waals surface area (Å²) < 4.78 is 5.64. The molecule has 1 N–H and O–H groups in total. The summed E-state index contributed by atoms with van der Waals surface area (Å²) in [7, 11) is 0. The second kappa shape index (κ2) is 10.2. The van der Waals surface area contributed by atoms with Gasteiger partial charge in [-0.1, -0.05) is 67.9 Å². The maximum absolute atomic E-state index is 12.3. The molecule has 0 atom stereocenters. The lowest BCUT2D eigenvalue weighted by molar-refractivity contribution is 0.0944. The summed E-state index contributed by atoms with van der Waals surface area (Å²) in [6.45, 7) is 11.1. The minimum atomic E-state index is -0.192. The molecule has 0 saturated carbocycles. The molecule has 0 saturated heterocycles. The van der Waals surface area contributed by atoms with E-state index in [0.717, 1.165) is 13.1 Å². The van der Waals surface area contributed by atoms with E-state index in [4.69, 9.17) is 4.42 Å². The molecule has 0 aliphatic rings. The first-order chi connectivity index (χ1) is 14.4. The minimum Gasteiger partial charge on any atom is -0.447 e. The number of nitrogens with zero attached hydrogens (tertiary/aromatic N) is 2. The van der Waals surface area contributed by atoms with E-state index in [2.05, 4.69) is 73.2 Å². The second-order valence-electron chi connectivity index (χ2n) is 8.29. The first kappa shape index (κ1) is 21.8. The molecule has 0 aliphatic heterocycles. The van der Waals surface area contributed by atoms with Crippen LogP contribution < -0.4 is 5.32 Å². The van der Waals surface area contributed by atoms with Crippen molar-refractivity contribution >= 4 is 5.91 Å². The first-order valence-electron chi connectivity index (χ1n) is 10.5. The molecule has 1 amide bonds. The molecule has 158 valence electrons. The van der Waals surface area contributed by atoms with Crippen LogP contribution in [0.2, 0.25) is 0 Å². The number of rotatable bonds is 9. The Bertz CT molecular complexity index is 964. The third kappa shape index (κ3) is 6.29. The molecule has 2 aromatic carbocycles. The molecule has 30 heavy (non-hydrogen) atoms. The standard InChI is InChI=1S/C25H31N3O2/c1-18(2)13-26-25(29)23-17-30-24(27-23)16-28(14-21-8-6-5-7-9-21)15-22-12-19(3)10-11-20(22)4/h5-12,17-18H,13-16H2,1-4H3,(H,26,29). The summed E-state index contributed by atoms with van der Waals surface area (Å²) in [6, 6.07) is 16.9. The number of amides is 1. The average molecular weight is 406 g/mol. The van der Waals surface area contributed by atoms with Gasteiger partial charge >= 0.3 is 0 Å². The topological polar surface area (TPSA) is 58.4 Å². The fourth-order valence-electron chi connectivity index (χ4n) is 3.29. The number of carbonyl (C=O) groups excluding carboxylic acids is 1. The highest BCUT2D eigenvalue weighted by Gasteiger charge is 2.16. The van der Waals surface area contributed by atoms with Crippen molar-refractivity contribution < 1.29 is 9.21 Å². The number of hydrogen-bond donors (Lipinski definition) is 1. The fourth-order valence-corrected chi connectivity index (χ4v) is 3.29. The quantitative estimate of drug-likeness (QED) is 0.551. The monoisotopic (exact) mass is 405 g/mol. The van der Waals surface area contributed by atoms with Gasteiger partial charge in [-0.3, -0.25) is 9.69 Å². The number of aryl methyl sites for hydroxylation is 2. The molecule has 0 aliphatic carbocycles. The molecule has 0 radical (unpaired) electrons. The number of carbonyl (C=O) groups is 1. The molecule has 0 spiro atoms. The maximum Gasteiger partial charge on any atom is 0.273 e. The smallest absolute Gasteiger partial charge is 0.273 e. The Morgan fingerprint density at radius 3 is 2.57 bits per heavy atom. The van der Waals surface area contributed by atoms with Crippen molar-refractivity contribution in [1.29, 1.82) is 0 Å². The maximum atomic E-state index is 12.3. The van der Waals surface area contributed by atoms with Gasteiger partial charge in [-0.25, -0.2) is 4.98 Å². The molecule has 3 aromatic rings. The van der Waals surface area contributed by atoms with Crippen LogP contribution in [0, 0.1) is 19.8 Å². The van der Waals surface area contributed by atoms with Gasteiger partial charge in [0.25, 0.3) is 5.91 Å². The SMILES string of the molecule is Cc1ccc(C)c(CN(Cc2ccccc2)Cc2nc(C(=O)NCC(C)C)co2)c1. The third-order valence-corrected chi connectivity index (χ3v) is 4.96. The molecule has 0 fully saturated rings. The van der Waals surface area contributed by atoms with Gasteiger partial charge in [-0.2, -0.15) is 0 Å². The van der Waals surface area contributed by atoms with Crippen LogP contribution in [0.3, 0.4) is 0 Å². The van der Waals surface area contributed by atoms with E-state index >= 15 is 0 Å².